The van der Waals surface area contributed by atoms with Crippen LogP contribution in [0.3, 0.4) is 0 Å². The van der Waals surface area contributed by atoms with Gasteiger partial charge >= 0.3 is 25.9 Å². The molecular formula is C61H89Cl3NO13P. The lowest BCUT2D eigenvalue weighted by molar-refractivity contribution is -0.271. The number of phosphoric ester groups is 1. The molecule has 0 aromatic heterocycles. The fourth-order valence-corrected chi connectivity index (χ4v) is 10.6. The van der Waals surface area contributed by atoms with E-state index in [2.05, 4.69) is 25.7 Å². The number of phosphoric acid groups is 1. The molecule has 1 aliphatic rings. The molecule has 0 radical (unpaired) electrons. The number of esters is 2. The molecule has 442 valence electrons. The molecule has 1 heterocycles. The third kappa shape index (κ3) is 30.4. The van der Waals surface area contributed by atoms with Crippen molar-refractivity contribution in [3.05, 3.63) is 120 Å². The number of alkyl carbamates (subject to hydrolysis) is 1. The van der Waals surface area contributed by atoms with Gasteiger partial charge in [-0.2, -0.15) is 0 Å². The summed E-state index contributed by atoms with van der Waals surface area (Å²) >= 11 is 17.9. The molecule has 3 aromatic rings. The van der Waals surface area contributed by atoms with E-state index < -0.39 is 73.0 Å². The zero-order chi connectivity index (χ0) is 56.8. The Morgan fingerprint density at radius 3 is 1.63 bits per heavy atom. The Bertz CT molecular complexity index is 2090. The highest BCUT2D eigenvalue weighted by Gasteiger charge is 2.53. The summed E-state index contributed by atoms with van der Waals surface area (Å²) in [6.07, 6.45) is 16.2. The predicted molar refractivity (Wildman–Crippen MR) is 312 cm³/mol. The summed E-state index contributed by atoms with van der Waals surface area (Å²) in [6.45, 7) is 6.95. The molecule has 1 aliphatic heterocycles. The monoisotopic (exact) mass is 1180 g/mol. The zero-order valence-electron chi connectivity index (χ0n) is 46.8. The first-order valence-electron chi connectivity index (χ1n) is 28.8. The zero-order valence-corrected chi connectivity index (χ0v) is 50.0. The number of halogens is 3. The van der Waals surface area contributed by atoms with Crippen LogP contribution in [0.2, 0.25) is 0 Å². The molecule has 0 bridgehead atoms. The molecule has 1 fully saturated rings. The fraction of sp³-hybridized carbons (Fsp3) is 0.623. The van der Waals surface area contributed by atoms with Crippen LogP contribution in [0.1, 0.15) is 178 Å². The molecule has 1 N–H and O–H groups in total. The van der Waals surface area contributed by atoms with Gasteiger partial charge in [0.15, 0.2) is 12.4 Å². The standard InChI is InChI=1S/C61H89Cl3NO13P/c1-4-7-9-11-13-15-16-18-20-22-33-41-54(66)75-52(40-32-21-19-17-14-12-10-8-5-2)43-55(67)77-58-56(65-60(68)72-48-61(62,63)64)59(71-42-6-3)76-53(47-70-44-49-34-26-23-27-35-49)57(58)78-79(69,73-45-50-36-28-24-29-37-50)74-46-51-38-30-25-31-39-51/h6,23-31,34-39,52-53,56-59H,3-5,7-22,32-33,40-48H2,1-2H3,(H,65,68)/t52-,53-,56-,57-,58-,59+/m1/s1. The van der Waals surface area contributed by atoms with Crippen LogP contribution in [-0.4, -0.2) is 78.4 Å². The molecular weight excluding hydrogens is 1090 g/mol. The van der Waals surface area contributed by atoms with Gasteiger partial charge < -0.3 is 33.7 Å². The van der Waals surface area contributed by atoms with Crippen LogP contribution in [0.15, 0.2) is 104 Å². The van der Waals surface area contributed by atoms with Crippen molar-refractivity contribution in [1.29, 1.82) is 0 Å². The van der Waals surface area contributed by atoms with Crippen molar-refractivity contribution < 1.29 is 60.9 Å². The quantitative estimate of drug-likeness (QED) is 0.0142. The van der Waals surface area contributed by atoms with E-state index in [1.807, 2.05) is 42.5 Å². The minimum Gasteiger partial charge on any atom is -0.462 e. The van der Waals surface area contributed by atoms with Crippen molar-refractivity contribution in [2.24, 2.45) is 0 Å². The molecule has 6 atom stereocenters. The van der Waals surface area contributed by atoms with E-state index in [0.29, 0.717) is 30.4 Å². The number of nitrogens with one attached hydrogen (secondary N) is 1. The second-order valence-electron chi connectivity index (χ2n) is 20.2. The minimum atomic E-state index is -4.72. The molecule has 0 spiro atoms. The molecule has 18 heteroatoms. The van der Waals surface area contributed by atoms with Crippen LogP contribution < -0.4 is 5.32 Å². The van der Waals surface area contributed by atoms with Gasteiger partial charge in [0.05, 0.1) is 39.5 Å². The molecule has 1 saturated heterocycles. The van der Waals surface area contributed by atoms with E-state index in [1.165, 1.54) is 76.7 Å². The van der Waals surface area contributed by atoms with Crippen LogP contribution in [0.5, 0.6) is 0 Å². The number of carbonyl (C=O) groups excluding carboxylic acids is 3. The van der Waals surface area contributed by atoms with Crippen molar-refractivity contribution in [1.82, 2.24) is 5.32 Å². The van der Waals surface area contributed by atoms with Crippen LogP contribution in [0.25, 0.3) is 0 Å². The average Bonchev–Trinajstić information content (AvgIpc) is 3.50. The number of rotatable bonds is 43. The molecule has 4 rings (SSSR count). The third-order valence-electron chi connectivity index (χ3n) is 13.4. The van der Waals surface area contributed by atoms with Gasteiger partial charge in [0.1, 0.15) is 31.0 Å². The number of benzene rings is 3. The number of amides is 1. The Morgan fingerprint density at radius 1 is 0.658 bits per heavy atom. The minimum absolute atomic E-state index is 0.0927. The van der Waals surface area contributed by atoms with Gasteiger partial charge in [-0.3, -0.25) is 23.2 Å². The van der Waals surface area contributed by atoms with Gasteiger partial charge in [0.2, 0.25) is 3.79 Å². The number of ether oxygens (including phenoxy) is 6. The van der Waals surface area contributed by atoms with Crippen molar-refractivity contribution in [2.75, 3.05) is 19.8 Å². The Labute approximate surface area is 486 Å². The van der Waals surface area contributed by atoms with Crippen molar-refractivity contribution in [2.45, 2.75) is 222 Å². The number of hydrogen-bond donors (Lipinski definition) is 1. The van der Waals surface area contributed by atoms with Crippen LogP contribution in [0, 0.1) is 0 Å². The molecule has 14 nitrogen and oxygen atoms in total. The first-order chi connectivity index (χ1) is 38.3. The SMILES string of the molecule is C=CCO[C@H]1O[C@H](COCc2ccccc2)[C@@H](OP(=O)(OCc2ccccc2)OCc2ccccc2)[C@H](OC(=O)C[C@@H](CCCCCCCCCCC)OC(=O)CCCCCCCCCCCCC)[C@H]1NC(=O)OCC(Cl)(Cl)Cl. The number of alkyl halides is 3. The van der Waals surface area contributed by atoms with E-state index >= 15 is 4.57 Å². The van der Waals surface area contributed by atoms with Gasteiger partial charge in [-0.15, -0.1) is 6.58 Å². The predicted octanol–water partition coefficient (Wildman–Crippen LogP) is 16.4. The van der Waals surface area contributed by atoms with E-state index in [1.54, 1.807) is 48.5 Å². The lowest BCUT2D eigenvalue weighted by Crippen LogP contribution is -2.66. The maximum atomic E-state index is 15.3. The van der Waals surface area contributed by atoms with Gasteiger partial charge in [-0.05, 0) is 36.0 Å². The Balaban J connectivity index is 1.67. The highest BCUT2D eigenvalue weighted by molar-refractivity contribution is 7.48. The summed E-state index contributed by atoms with van der Waals surface area (Å²) in [5.41, 5.74) is 2.16. The number of unbranched alkanes of at least 4 members (excludes halogenated alkanes) is 18. The van der Waals surface area contributed by atoms with Gasteiger partial charge in [0, 0.05) is 6.42 Å². The molecule has 79 heavy (non-hydrogen) atoms. The number of carbonyl (C=O) groups is 3. The Kier molecular flexibility index (Phi) is 35.0. The lowest BCUT2D eigenvalue weighted by atomic mass is 9.96. The topological polar surface area (TPSA) is 163 Å². The molecule has 0 saturated carbocycles. The number of hydrogen-bond acceptors (Lipinski definition) is 13. The Hall–Kier alpha value is -3.53. The summed E-state index contributed by atoms with van der Waals surface area (Å²) in [6, 6.07) is 26.0. The van der Waals surface area contributed by atoms with Crippen molar-refractivity contribution >= 4 is 60.7 Å². The normalized spacial score (nSPS) is 17.9. The fourth-order valence-electron chi connectivity index (χ4n) is 9.11. The summed E-state index contributed by atoms with van der Waals surface area (Å²) in [5, 5.41) is 2.67. The van der Waals surface area contributed by atoms with Gasteiger partial charge in [-0.1, -0.05) is 261 Å². The third-order valence-corrected chi connectivity index (χ3v) is 15.1. The van der Waals surface area contributed by atoms with E-state index in [4.69, 9.17) is 76.8 Å². The van der Waals surface area contributed by atoms with E-state index in [-0.39, 0.29) is 45.9 Å². The smallest absolute Gasteiger partial charge is 0.462 e. The van der Waals surface area contributed by atoms with Crippen LogP contribution >= 0.6 is 42.6 Å². The van der Waals surface area contributed by atoms with Crippen molar-refractivity contribution in [3.63, 3.8) is 0 Å². The second kappa shape index (κ2) is 40.6. The van der Waals surface area contributed by atoms with E-state index in [0.717, 1.165) is 50.5 Å². The summed E-state index contributed by atoms with van der Waals surface area (Å²) < 4.78 is 68.9. The Morgan fingerprint density at radius 2 is 1.14 bits per heavy atom. The molecule has 3 aromatic carbocycles. The van der Waals surface area contributed by atoms with Crippen molar-refractivity contribution in [3.8, 4) is 0 Å². The molecule has 0 unspecified atom stereocenters. The van der Waals surface area contributed by atoms with Crippen LogP contribution in [-0.2, 0) is 76.0 Å². The van der Waals surface area contributed by atoms with Gasteiger partial charge in [-0.25, -0.2) is 9.36 Å². The molecule has 1 amide bonds. The summed E-state index contributed by atoms with van der Waals surface area (Å²) in [4.78, 5) is 42.0. The highest BCUT2D eigenvalue weighted by Crippen LogP contribution is 2.54. The largest absolute Gasteiger partial charge is 0.475 e. The van der Waals surface area contributed by atoms with E-state index in [9.17, 15) is 14.4 Å². The maximum Gasteiger partial charge on any atom is 0.475 e. The first kappa shape index (κ1) is 68.0. The lowest BCUT2D eigenvalue weighted by Gasteiger charge is -2.45. The molecule has 0 aliphatic carbocycles. The maximum absolute atomic E-state index is 15.3. The second-order valence-corrected chi connectivity index (χ2v) is 24.4. The summed E-state index contributed by atoms with van der Waals surface area (Å²) in [7, 11) is -4.72. The highest BCUT2D eigenvalue weighted by atomic mass is 35.6. The summed E-state index contributed by atoms with van der Waals surface area (Å²) in [5.74, 6) is -1.21. The first-order valence-corrected chi connectivity index (χ1v) is 31.4. The average molecular weight is 1180 g/mol. The van der Waals surface area contributed by atoms with Gasteiger partial charge in [0.25, 0.3) is 0 Å². The van der Waals surface area contributed by atoms with Crippen LogP contribution in [0.4, 0.5) is 4.79 Å².